The zero-order valence-electron chi connectivity index (χ0n) is 15.0. The number of hydrogen-bond donors (Lipinski definition) is 1. The first-order valence-corrected chi connectivity index (χ1v) is 8.91. The van der Waals surface area contributed by atoms with Gasteiger partial charge in [0.25, 0.3) is 0 Å². The predicted octanol–water partition coefficient (Wildman–Crippen LogP) is 4.14. The van der Waals surface area contributed by atoms with Crippen LogP contribution in [0, 0.1) is 0 Å². The number of benzene rings is 3. The zero-order valence-corrected chi connectivity index (χ0v) is 15.0. The van der Waals surface area contributed by atoms with E-state index in [1.165, 1.54) is 6.07 Å². The van der Waals surface area contributed by atoms with Crippen molar-refractivity contribution in [2.75, 3.05) is 5.01 Å². The molecule has 4 aromatic rings. The molecular weight excluding hydrogens is 352 g/mol. The van der Waals surface area contributed by atoms with Crippen LogP contribution >= 0.6 is 0 Å². The van der Waals surface area contributed by atoms with E-state index in [1.54, 1.807) is 29.3 Å². The Bertz CT molecular complexity index is 1150. The number of hydrogen-bond acceptors (Lipinski definition) is 4. The Labute approximate surface area is 161 Å². The Hall–Kier alpha value is -3.86. The standard InChI is InChI=1S/C23H18N2O3/c26-20-15-22(28-21-14-8-7-13-19(20)21)23(27)24-25(18-11-5-2-6-12-18)16-17-9-3-1-4-10-17/h1-15H,16H2,(H,24,27). The minimum Gasteiger partial charge on any atom is -0.451 e. The summed E-state index contributed by atoms with van der Waals surface area (Å²) in [5.74, 6) is -0.514. The van der Waals surface area contributed by atoms with Crippen molar-refractivity contribution in [3.8, 4) is 0 Å². The van der Waals surface area contributed by atoms with Crippen molar-refractivity contribution in [2.24, 2.45) is 0 Å². The van der Waals surface area contributed by atoms with E-state index in [2.05, 4.69) is 5.43 Å². The van der Waals surface area contributed by atoms with Gasteiger partial charge in [0.1, 0.15) is 5.58 Å². The molecule has 0 saturated heterocycles. The average molecular weight is 370 g/mol. The molecule has 5 heteroatoms. The van der Waals surface area contributed by atoms with Crippen molar-refractivity contribution in [3.63, 3.8) is 0 Å². The molecule has 0 bridgehead atoms. The quantitative estimate of drug-likeness (QED) is 0.536. The fraction of sp³-hybridized carbons (Fsp3) is 0.0435. The van der Waals surface area contributed by atoms with Gasteiger partial charge in [0.05, 0.1) is 17.6 Å². The second kappa shape index (κ2) is 7.80. The number of anilines is 1. The molecule has 1 aromatic heterocycles. The predicted molar refractivity (Wildman–Crippen MR) is 109 cm³/mol. The Morgan fingerprint density at radius 3 is 2.25 bits per heavy atom. The monoisotopic (exact) mass is 370 g/mol. The summed E-state index contributed by atoms with van der Waals surface area (Å²) in [6, 6.07) is 27.4. The highest BCUT2D eigenvalue weighted by atomic mass is 16.3. The van der Waals surface area contributed by atoms with Crippen molar-refractivity contribution in [1.82, 2.24) is 5.43 Å². The maximum Gasteiger partial charge on any atom is 0.305 e. The second-order valence-electron chi connectivity index (χ2n) is 6.32. The fourth-order valence-corrected chi connectivity index (χ4v) is 2.96. The van der Waals surface area contributed by atoms with Crippen LogP contribution in [0.15, 0.2) is 100 Å². The highest BCUT2D eigenvalue weighted by Crippen LogP contribution is 2.16. The zero-order chi connectivity index (χ0) is 19.3. The van der Waals surface area contributed by atoms with E-state index >= 15 is 0 Å². The lowest BCUT2D eigenvalue weighted by Crippen LogP contribution is -2.42. The van der Waals surface area contributed by atoms with Gasteiger partial charge in [-0.1, -0.05) is 60.7 Å². The summed E-state index contributed by atoms with van der Waals surface area (Å²) < 4.78 is 5.65. The molecule has 0 aliphatic heterocycles. The first-order valence-electron chi connectivity index (χ1n) is 8.91. The molecule has 0 aliphatic carbocycles. The first kappa shape index (κ1) is 17.5. The topological polar surface area (TPSA) is 62.6 Å². The van der Waals surface area contributed by atoms with Crippen molar-refractivity contribution in [1.29, 1.82) is 0 Å². The maximum absolute atomic E-state index is 12.8. The number of amides is 1. The van der Waals surface area contributed by atoms with Crippen LogP contribution < -0.4 is 15.9 Å². The van der Waals surface area contributed by atoms with E-state index < -0.39 is 5.91 Å². The smallest absolute Gasteiger partial charge is 0.305 e. The minimum absolute atomic E-state index is 0.0299. The molecule has 4 rings (SSSR count). The first-order chi connectivity index (χ1) is 13.7. The van der Waals surface area contributed by atoms with Gasteiger partial charge in [0.15, 0.2) is 11.2 Å². The van der Waals surface area contributed by atoms with E-state index in [4.69, 9.17) is 4.42 Å². The Balaban J connectivity index is 1.64. The highest BCUT2D eigenvalue weighted by molar-refractivity contribution is 5.94. The normalized spacial score (nSPS) is 10.6. The summed E-state index contributed by atoms with van der Waals surface area (Å²) in [7, 11) is 0. The number of rotatable bonds is 5. The van der Waals surface area contributed by atoms with Crippen LogP contribution in [-0.2, 0) is 6.54 Å². The molecule has 0 aliphatic rings. The number of fused-ring (bicyclic) bond motifs is 1. The lowest BCUT2D eigenvalue weighted by molar-refractivity contribution is 0.0921. The Morgan fingerprint density at radius 2 is 1.50 bits per heavy atom. The molecule has 0 spiro atoms. The fourth-order valence-electron chi connectivity index (χ4n) is 2.96. The minimum atomic E-state index is -0.484. The van der Waals surface area contributed by atoms with Gasteiger partial charge in [-0.15, -0.1) is 0 Å². The summed E-state index contributed by atoms with van der Waals surface area (Å²) >= 11 is 0. The molecule has 5 nitrogen and oxygen atoms in total. The summed E-state index contributed by atoms with van der Waals surface area (Å²) in [5.41, 5.74) is 4.84. The van der Waals surface area contributed by atoms with Gasteiger partial charge in [0.2, 0.25) is 0 Å². The lowest BCUT2D eigenvalue weighted by atomic mass is 10.2. The summed E-state index contributed by atoms with van der Waals surface area (Å²) in [4.78, 5) is 25.1. The van der Waals surface area contributed by atoms with Crippen molar-refractivity contribution < 1.29 is 9.21 Å². The van der Waals surface area contributed by atoms with E-state index in [-0.39, 0.29) is 11.2 Å². The molecular formula is C23H18N2O3. The molecule has 0 saturated carbocycles. The van der Waals surface area contributed by atoms with Gasteiger partial charge in [-0.3, -0.25) is 20.0 Å². The van der Waals surface area contributed by atoms with Crippen molar-refractivity contribution in [3.05, 3.63) is 113 Å². The van der Waals surface area contributed by atoms with Crippen LogP contribution in [0.25, 0.3) is 11.0 Å². The van der Waals surface area contributed by atoms with E-state index in [1.807, 2.05) is 60.7 Å². The van der Waals surface area contributed by atoms with Gasteiger partial charge in [-0.25, -0.2) is 0 Å². The van der Waals surface area contributed by atoms with E-state index in [0.717, 1.165) is 11.3 Å². The SMILES string of the molecule is O=C(NN(Cc1ccccc1)c1ccccc1)c1cc(=O)c2ccccc2o1. The molecule has 1 amide bonds. The maximum atomic E-state index is 12.8. The van der Waals surface area contributed by atoms with Gasteiger partial charge in [-0.2, -0.15) is 0 Å². The van der Waals surface area contributed by atoms with Crippen LogP contribution in [-0.4, -0.2) is 5.91 Å². The Morgan fingerprint density at radius 1 is 0.857 bits per heavy atom. The molecule has 28 heavy (non-hydrogen) atoms. The number of nitrogens with zero attached hydrogens (tertiary/aromatic N) is 1. The molecule has 0 unspecified atom stereocenters. The molecule has 138 valence electrons. The molecule has 0 radical (unpaired) electrons. The third kappa shape index (κ3) is 3.78. The molecule has 3 aromatic carbocycles. The van der Waals surface area contributed by atoms with Crippen LogP contribution in [0.1, 0.15) is 16.1 Å². The van der Waals surface area contributed by atoms with Gasteiger partial charge >= 0.3 is 5.91 Å². The molecule has 1 N–H and O–H groups in total. The van der Waals surface area contributed by atoms with Gasteiger partial charge in [0, 0.05) is 6.07 Å². The largest absolute Gasteiger partial charge is 0.451 e. The van der Waals surface area contributed by atoms with Crippen LogP contribution in [0.3, 0.4) is 0 Å². The lowest BCUT2D eigenvalue weighted by Gasteiger charge is -2.25. The van der Waals surface area contributed by atoms with E-state index in [0.29, 0.717) is 17.5 Å². The summed E-state index contributed by atoms with van der Waals surface area (Å²) in [5, 5.41) is 2.18. The van der Waals surface area contributed by atoms with Crippen LogP contribution in [0.2, 0.25) is 0 Å². The number of para-hydroxylation sites is 2. The summed E-state index contributed by atoms with van der Waals surface area (Å²) in [6.45, 7) is 0.467. The van der Waals surface area contributed by atoms with E-state index in [9.17, 15) is 9.59 Å². The number of hydrazine groups is 1. The van der Waals surface area contributed by atoms with Crippen molar-refractivity contribution in [2.45, 2.75) is 6.54 Å². The van der Waals surface area contributed by atoms with Crippen LogP contribution in [0.5, 0.6) is 0 Å². The molecule has 0 fully saturated rings. The van der Waals surface area contributed by atoms with Crippen molar-refractivity contribution >= 4 is 22.6 Å². The molecule has 1 heterocycles. The van der Waals surface area contributed by atoms with Gasteiger partial charge in [-0.05, 0) is 29.8 Å². The second-order valence-corrected chi connectivity index (χ2v) is 6.32. The van der Waals surface area contributed by atoms with Crippen LogP contribution in [0.4, 0.5) is 5.69 Å². The number of nitrogens with one attached hydrogen (secondary N) is 1. The highest BCUT2D eigenvalue weighted by Gasteiger charge is 2.16. The third-order valence-corrected chi connectivity index (χ3v) is 4.35. The number of carbonyl (C=O) groups is 1. The third-order valence-electron chi connectivity index (χ3n) is 4.35. The molecule has 0 atom stereocenters. The summed E-state index contributed by atoms with van der Waals surface area (Å²) in [6.07, 6.45) is 0. The van der Waals surface area contributed by atoms with Gasteiger partial charge < -0.3 is 4.42 Å². The average Bonchev–Trinajstić information content (AvgIpc) is 2.74. The Kier molecular flexibility index (Phi) is 4.89. The number of carbonyl (C=O) groups excluding carboxylic acids is 1.